The Morgan fingerprint density at radius 3 is 2.33 bits per heavy atom. The van der Waals surface area contributed by atoms with Crippen molar-refractivity contribution in [2.24, 2.45) is 5.16 Å². The molecule has 2 aliphatic carbocycles. The number of ketones is 1. The highest BCUT2D eigenvalue weighted by molar-refractivity contribution is 6.54. The molecular formula is C28H18N2O3. The van der Waals surface area contributed by atoms with Crippen LogP contribution in [0.15, 0.2) is 95.7 Å². The van der Waals surface area contributed by atoms with Crippen LogP contribution in [0.2, 0.25) is 0 Å². The summed E-state index contributed by atoms with van der Waals surface area (Å²) in [4.78, 5) is 31.5. The van der Waals surface area contributed by atoms with Crippen molar-refractivity contribution in [1.29, 1.82) is 5.26 Å². The second-order valence-corrected chi connectivity index (χ2v) is 7.73. The first kappa shape index (κ1) is 20.3. The molecule has 2 aliphatic rings. The third-order valence-electron chi connectivity index (χ3n) is 5.84. The van der Waals surface area contributed by atoms with Gasteiger partial charge in [-0.3, -0.25) is 4.79 Å². The van der Waals surface area contributed by atoms with Gasteiger partial charge in [0.05, 0.1) is 17.2 Å². The maximum absolute atomic E-state index is 13.2. The molecule has 3 aromatic carbocycles. The zero-order chi connectivity index (χ0) is 22.8. The Bertz CT molecular complexity index is 1440. The number of nitriles is 1. The van der Waals surface area contributed by atoms with Gasteiger partial charge >= 0.3 is 5.97 Å². The first-order valence-electron chi connectivity index (χ1n) is 10.6. The summed E-state index contributed by atoms with van der Waals surface area (Å²) in [6, 6.07) is 23.5. The van der Waals surface area contributed by atoms with Crippen LogP contribution in [0.5, 0.6) is 0 Å². The average Bonchev–Trinajstić information content (AvgIpc) is 2.88. The molecule has 0 atom stereocenters. The van der Waals surface area contributed by atoms with Crippen LogP contribution < -0.4 is 0 Å². The lowest BCUT2D eigenvalue weighted by Gasteiger charge is -2.23. The van der Waals surface area contributed by atoms with E-state index in [4.69, 9.17) is 4.84 Å². The lowest BCUT2D eigenvalue weighted by Crippen LogP contribution is -2.25. The Kier molecular flexibility index (Phi) is 5.26. The van der Waals surface area contributed by atoms with Gasteiger partial charge in [-0.05, 0) is 47.2 Å². The van der Waals surface area contributed by atoms with Crippen molar-refractivity contribution >= 4 is 23.0 Å². The minimum absolute atomic E-state index is 0.163. The number of nitrogens with zero attached hydrogens (tertiary/aromatic N) is 2. The minimum atomic E-state index is -0.689. The summed E-state index contributed by atoms with van der Waals surface area (Å²) in [6.45, 7) is 0. The monoisotopic (exact) mass is 430 g/mol. The zero-order valence-electron chi connectivity index (χ0n) is 17.6. The van der Waals surface area contributed by atoms with Crippen molar-refractivity contribution in [2.75, 3.05) is 0 Å². The van der Waals surface area contributed by atoms with E-state index in [2.05, 4.69) is 17.3 Å². The van der Waals surface area contributed by atoms with Crippen molar-refractivity contribution < 1.29 is 14.4 Å². The van der Waals surface area contributed by atoms with Crippen LogP contribution in [0.4, 0.5) is 0 Å². The van der Waals surface area contributed by atoms with Gasteiger partial charge < -0.3 is 4.84 Å². The van der Waals surface area contributed by atoms with Crippen molar-refractivity contribution in [3.8, 4) is 17.2 Å². The predicted octanol–water partition coefficient (Wildman–Crippen LogP) is 5.74. The lowest BCUT2D eigenvalue weighted by molar-refractivity contribution is 0.0517. The van der Waals surface area contributed by atoms with Gasteiger partial charge in [-0.2, -0.15) is 5.26 Å². The molecule has 5 rings (SSSR count). The maximum Gasteiger partial charge on any atom is 0.366 e. The second kappa shape index (κ2) is 8.52. The number of fused-ring (bicyclic) bond motifs is 2. The molecule has 0 fully saturated rings. The number of carbonyl (C=O) groups excluding carboxylic acids is 2. The molecule has 0 unspecified atom stereocenters. The number of rotatable bonds is 3. The highest BCUT2D eigenvalue weighted by Crippen LogP contribution is 2.36. The molecule has 0 radical (unpaired) electrons. The fraction of sp³-hybridized carbons (Fsp3) is 0.0714. The molecule has 158 valence electrons. The van der Waals surface area contributed by atoms with Crippen LogP contribution in [-0.4, -0.2) is 17.5 Å². The third kappa shape index (κ3) is 3.58. The molecule has 33 heavy (non-hydrogen) atoms. The summed E-state index contributed by atoms with van der Waals surface area (Å²) in [6.07, 6.45) is 5.50. The number of benzene rings is 3. The number of hydrogen-bond acceptors (Lipinski definition) is 5. The van der Waals surface area contributed by atoms with Crippen LogP contribution in [0.3, 0.4) is 0 Å². The molecule has 0 amide bonds. The van der Waals surface area contributed by atoms with Gasteiger partial charge in [0.1, 0.15) is 0 Å². The Morgan fingerprint density at radius 2 is 1.55 bits per heavy atom. The van der Waals surface area contributed by atoms with E-state index in [0.717, 1.165) is 23.1 Å². The largest absolute Gasteiger partial charge is 0.366 e. The smallest absolute Gasteiger partial charge is 0.312 e. The molecule has 0 bridgehead atoms. The number of allylic oxidation sites excluding steroid dienone is 4. The van der Waals surface area contributed by atoms with E-state index >= 15 is 0 Å². The Balaban J connectivity index is 1.53. The molecular weight excluding hydrogens is 412 g/mol. The molecule has 0 spiro atoms. The fourth-order valence-corrected chi connectivity index (χ4v) is 4.29. The van der Waals surface area contributed by atoms with E-state index in [1.54, 1.807) is 60.7 Å². The van der Waals surface area contributed by atoms with Gasteiger partial charge in [-0.25, -0.2) is 4.79 Å². The normalized spacial score (nSPS) is 15.6. The van der Waals surface area contributed by atoms with Crippen molar-refractivity contribution in [3.63, 3.8) is 0 Å². The van der Waals surface area contributed by atoms with Crippen LogP contribution in [-0.2, 0) is 4.84 Å². The van der Waals surface area contributed by atoms with E-state index in [-0.39, 0.29) is 17.1 Å². The molecule has 0 saturated carbocycles. The van der Waals surface area contributed by atoms with Crippen molar-refractivity contribution in [1.82, 2.24) is 0 Å². The lowest BCUT2D eigenvalue weighted by atomic mass is 9.79. The number of oxime groups is 1. The van der Waals surface area contributed by atoms with Crippen LogP contribution in [0.25, 0.3) is 16.7 Å². The second-order valence-electron chi connectivity index (χ2n) is 7.73. The molecule has 5 heteroatoms. The fourth-order valence-electron chi connectivity index (χ4n) is 4.29. The Labute approximate surface area is 190 Å². The van der Waals surface area contributed by atoms with E-state index in [1.807, 2.05) is 18.2 Å². The maximum atomic E-state index is 13.2. The summed E-state index contributed by atoms with van der Waals surface area (Å²) in [7, 11) is 0. The number of carbonyl (C=O) groups is 2. The highest BCUT2D eigenvalue weighted by atomic mass is 16.7. The van der Waals surface area contributed by atoms with Crippen molar-refractivity contribution in [3.05, 3.63) is 113 Å². The number of hydrogen-bond donors (Lipinski definition) is 0. The van der Waals surface area contributed by atoms with Crippen LogP contribution in [0.1, 0.15) is 44.7 Å². The van der Waals surface area contributed by atoms with Gasteiger partial charge in [-0.1, -0.05) is 78.0 Å². The summed E-state index contributed by atoms with van der Waals surface area (Å²) in [5.41, 5.74) is 5.23. The summed E-state index contributed by atoms with van der Waals surface area (Å²) in [5.74, 6) is -0.943. The van der Waals surface area contributed by atoms with E-state index in [0.29, 0.717) is 28.7 Å². The first-order valence-corrected chi connectivity index (χ1v) is 10.6. The van der Waals surface area contributed by atoms with Gasteiger partial charge in [-0.15, -0.1) is 0 Å². The van der Waals surface area contributed by atoms with E-state index < -0.39 is 5.97 Å². The Morgan fingerprint density at radius 1 is 0.879 bits per heavy atom. The van der Waals surface area contributed by atoms with Gasteiger partial charge in [0, 0.05) is 11.1 Å². The predicted molar refractivity (Wildman–Crippen MR) is 126 cm³/mol. The van der Waals surface area contributed by atoms with Crippen LogP contribution >= 0.6 is 0 Å². The van der Waals surface area contributed by atoms with Gasteiger partial charge in [0.25, 0.3) is 0 Å². The highest BCUT2D eigenvalue weighted by Gasteiger charge is 2.31. The zero-order valence-corrected chi connectivity index (χ0v) is 17.6. The Hall–Kier alpha value is -4.56. The molecule has 0 heterocycles. The minimum Gasteiger partial charge on any atom is -0.312 e. The average molecular weight is 430 g/mol. The van der Waals surface area contributed by atoms with E-state index in [1.165, 1.54) is 0 Å². The third-order valence-corrected chi connectivity index (χ3v) is 5.84. The molecule has 0 N–H and O–H groups in total. The summed E-state index contributed by atoms with van der Waals surface area (Å²) >= 11 is 0. The van der Waals surface area contributed by atoms with Gasteiger partial charge in [0.2, 0.25) is 5.78 Å². The topological polar surface area (TPSA) is 79.5 Å². The SMILES string of the molecule is N#Cc1ccccc1-c1ccccc1C(=O)O/N=C1\C(=O)c2ccccc2C2=C1CCC=C2. The number of Topliss-reactive ketones (excluding diaryl/α,β-unsaturated/α-hetero) is 1. The molecule has 0 aliphatic heterocycles. The molecule has 5 nitrogen and oxygen atoms in total. The van der Waals surface area contributed by atoms with Crippen LogP contribution in [0, 0.1) is 11.3 Å². The molecule has 3 aromatic rings. The summed E-state index contributed by atoms with van der Waals surface area (Å²) < 4.78 is 0. The van der Waals surface area contributed by atoms with Gasteiger partial charge in [0.15, 0.2) is 5.71 Å². The van der Waals surface area contributed by atoms with Crippen molar-refractivity contribution in [2.45, 2.75) is 12.8 Å². The molecule has 0 saturated heterocycles. The quantitative estimate of drug-likeness (QED) is 0.392. The standard InChI is InChI=1S/C28H18N2O3/c29-17-18-9-1-2-10-19(18)20-11-5-8-16-25(20)28(32)33-30-26-23-14-6-3-12-21(23)22-13-4-7-15-24(22)27(26)31/h1-5,7-13,15-16H,6,14H2/b30-26-. The summed E-state index contributed by atoms with van der Waals surface area (Å²) in [5, 5.41) is 13.5. The molecule has 0 aromatic heterocycles. The van der Waals surface area contributed by atoms with E-state index in [9.17, 15) is 14.9 Å². The first-order chi connectivity index (χ1) is 16.2.